The summed E-state index contributed by atoms with van der Waals surface area (Å²) in [6.07, 6.45) is 6.95. The van der Waals surface area contributed by atoms with Gasteiger partial charge in [0.15, 0.2) is 0 Å². The Morgan fingerprint density at radius 1 is 1.20 bits per heavy atom. The quantitative estimate of drug-likeness (QED) is 0.723. The molecule has 1 aromatic heterocycles. The van der Waals surface area contributed by atoms with Crippen LogP contribution in [0.4, 0.5) is 4.39 Å². The van der Waals surface area contributed by atoms with E-state index in [2.05, 4.69) is 22.9 Å². The number of aromatic nitrogens is 1. The Balaban J connectivity index is 1.61. The van der Waals surface area contributed by atoms with E-state index < -0.39 is 0 Å². The van der Waals surface area contributed by atoms with E-state index in [0.717, 1.165) is 52.1 Å². The molecule has 0 radical (unpaired) electrons. The van der Waals surface area contributed by atoms with E-state index in [0.29, 0.717) is 0 Å². The lowest BCUT2D eigenvalue weighted by Gasteiger charge is -2.29. The molecule has 0 N–H and O–H groups in total. The normalized spacial score (nSPS) is 20.9. The number of rotatable bonds is 8. The van der Waals surface area contributed by atoms with Gasteiger partial charge in [0.2, 0.25) is 0 Å². The van der Waals surface area contributed by atoms with Gasteiger partial charge in [-0.05, 0) is 62.1 Å². The lowest BCUT2D eigenvalue weighted by molar-refractivity contribution is 0.0489. The average Bonchev–Trinajstić information content (AvgIpc) is 3.04. The van der Waals surface area contributed by atoms with Crippen molar-refractivity contribution in [3.8, 4) is 0 Å². The molecule has 4 heteroatoms. The Kier molecular flexibility index (Phi) is 6.16. The molecule has 0 spiro atoms. The summed E-state index contributed by atoms with van der Waals surface area (Å²) in [5.41, 5.74) is 2.64. The molecule has 1 aliphatic heterocycles. The van der Waals surface area contributed by atoms with Crippen LogP contribution in [-0.4, -0.2) is 36.2 Å². The third-order valence-electron chi connectivity index (χ3n) is 5.12. The minimum absolute atomic E-state index is 0.170. The molecule has 134 valence electrons. The SMILES string of the molecule is CCOC[C@]1(CCc2ccc(F)cc2)CCN(Cc2cccnc2)C1. The zero-order valence-electron chi connectivity index (χ0n) is 15.0. The molecule has 1 atom stereocenters. The summed E-state index contributed by atoms with van der Waals surface area (Å²) in [4.78, 5) is 6.71. The van der Waals surface area contributed by atoms with Crippen LogP contribution < -0.4 is 0 Å². The molecule has 1 fully saturated rings. The number of nitrogens with zero attached hydrogens (tertiary/aromatic N) is 2. The first-order valence-corrected chi connectivity index (χ1v) is 9.13. The van der Waals surface area contributed by atoms with Crippen molar-refractivity contribution in [1.29, 1.82) is 0 Å². The molecule has 1 aromatic carbocycles. The van der Waals surface area contributed by atoms with Crippen molar-refractivity contribution < 1.29 is 9.13 Å². The molecular formula is C21H27FN2O. The molecule has 3 rings (SSSR count). The number of hydrogen-bond donors (Lipinski definition) is 0. The van der Waals surface area contributed by atoms with Gasteiger partial charge in [0.25, 0.3) is 0 Å². The molecule has 0 aliphatic carbocycles. The highest BCUT2D eigenvalue weighted by Gasteiger charge is 2.37. The number of hydrogen-bond acceptors (Lipinski definition) is 3. The third kappa shape index (κ3) is 5.10. The molecule has 0 bridgehead atoms. The predicted octanol–water partition coefficient (Wildman–Crippen LogP) is 4.08. The summed E-state index contributed by atoms with van der Waals surface area (Å²) in [5.74, 6) is -0.170. The van der Waals surface area contributed by atoms with Crippen molar-refractivity contribution in [2.75, 3.05) is 26.3 Å². The van der Waals surface area contributed by atoms with Crippen LogP contribution in [0.15, 0.2) is 48.8 Å². The largest absolute Gasteiger partial charge is 0.381 e. The van der Waals surface area contributed by atoms with E-state index in [-0.39, 0.29) is 11.2 Å². The summed E-state index contributed by atoms with van der Waals surface area (Å²) in [6.45, 7) is 6.68. The number of pyridine rings is 1. The van der Waals surface area contributed by atoms with E-state index in [9.17, 15) is 4.39 Å². The number of likely N-dealkylation sites (tertiary alicyclic amines) is 1. The fourth-order valence-corrected chi connectivity index (χ4v) is 3.69. The molecule has 2 heterocycles. The van der Waals surface area contributed by atoms with Crippen LogP contribution in [0.25, 0.3) is 0 Å². The van der Waals surface area contributed by atoms with Gasteiger partial charge < -0.3 is 4.74 Å². The van der Waals surface area contributed by atoms with Crippen molar-refractivity contribution >= 4 is 0 Å². The summed E-state index contributed by atoms with van der Waals surface area (Å²) >= 11 is 0. The number of ether oxygens (including phenoxy) is 1. The summed E-state index contributed by atoms with van der Waals surface area (Å²) < 4.78 is 18.9. The van der Waals surface area contributed by atoms with Crippen LogP contribution in [0.3, 0.4) is 0 Å². The average molecular weight is 342 g/mol. The van der Waals surface area contributed by atoms with Gasteiger partial charge in [-0.1, -0.05) is 18.2 Å². The number of halogens is 1. The maximum atomic E-state index is 13.1. The summed E-state index contributed by atoms with van der Waals surface area (Å²) in [5, 5.41) is 0. The fraction of sp³-hybridized carbons (Fsp3) is 0.476. The first kappa shape index (κ1) is 18.0. The Labute approximate surface area is 149 Å². The standard InChI is InChI=1S/C21H27FN2O/c1-2-25-17-21(10-9-18-5-7-20(22)8-6-18)11-13-24(16-21)15-19-4-3-12-23-14-19/h3-8,12,14H,2,9-11,13,15-17H2,1H3/t21-/m1/s1. The van der Waals surface area contributed by atoms with Crippen LogP contribution in [0.2, 0.25) is 0 Å². The first-order chi connectivity index (χ1) is 12.2. The lowest BCUT2D eigenvalue weighted by atomic mass is 9.82. The van der Waals surface area contributed by atoms with Crippen molar-refractivity contribution in [2.45, 2.75) is 32.7 Å². The molecule has 3 nitrogen and oxygen atoms in total. The van der Waals surface area contributed by atoms with Crippen LogP contribution >= 0.6 is 0 Å². The van der Waals surface area contributed by atoms with Crippen LogP contribution in [0.1, 0.15) is 30.9 Å². The minimum Gasteiger partial charge on any atom is -0.381 e. The second-order valence-corrected chi connectivity index (χ2v) is 7.09. The molecule has 0 saturated carbocycles. The number of benzene rings is 1. The highest BCUT2D eigenvalue weighted by Crippen LogP contribution is 2.36. The van der Waals surface area contributed by atoms with E-state index in [1.54, 1.807) is 12.1 Å². The fourth-order valence-electron chi connectivity index (χ4n) is 3.69. The molecule has 1 saturated heterocycles. The Morgan fingerprint density at radius 3 is 2.76 bits per heavy atom. The molecule has 0 unspecified atom stereocenters. The van der Waals surface area contributed by atoms with Crippen molar-refractivity contribution in [3.63, 3.8) is 0 Å². The Morgan fingerprint density at radius 2 is 2.04 bits per heavy atom. The van der Waals surface area contributed by atoms with E-state index in [4.69, 9.17) is 4.74 Å². The van der Waals surface area contributed by atoms with Gasteiger partial charge in [0.1, 0.15) is 5.82 Å². The number of aryl methyl sites for hydroxylation is 1. The minimum atomic E-state index is -0.170. The molecular weight excluding hydrogens is 315 g/mol. The molecule has 0 amide bonds. The Bertz CT molecular complexity index is 647. The summed E-state index contributed by atoms with van der Waals surface area (Å²) in [6, 6.07) is 11.0. The van der Waals surface area contributed by atoms with Crippen LogP contribution in [0, 0.1) is 11.2 Å². The second-order valence-electron chi connectivity index (χ2n) is 7.09. The highest BCUT2D eigenvalue weighted by atomic mass is 19.1. The van der Waals surface area contributed by atoms with Gasteiger partial charge in [-0.3, -0.25) is 9.88 Å². The molecule has 2 aromatic rings. The van der Waals surface area contributed by atoms with Crippen molar-refractivity contribution in [1.82, 2.24) is 9.88 Å². The smallest absolute Gasteiger partial charge is 0.123 e. The van der Waals surface area contributed by atoms with Crippen molar-refractivity contribution in [3.05, 3.63) is 65.7 Å². The van der Waals surface area contributed by atoms with E-state index in [1.807, 2.05) is 30.6 Å². The second kappa shape index (κ2) is 8.54. The third-order valence-corrected chi connectivity index (χ3v) is 5.12. The maximum Gasteiger partial charge on any atom is 0.123 e. The van der Waals surface area contributed by atoms with Gasteiger partial charge in [0, 0.05) is 37.5 Å². The van der Waals surface area contributed by atoms with E-state index in [1.165, 1.54) is 11.1 Å². The van der Waals surface area contributed by atoms with E-state index >= 15 is 0 Å². The monoisotopic (exact) mass is 342 g/mol. The van der Waals surface area contributed by atoms with Gasteiger partial charge in [-0.15, -0.1) is 0 Å². The topological polar surface area (TPSA) is 25.4 Å². The first-order valence-electron chi connectivity index (χ1n) is 9.13. The molecule has 1 aliphatic rings. The molecule has 25 heavy (non-hydrogen) atoms. The van der Waals surface area contributed by atoms with Gasteiger partial charge in [-0.25, -0.2) is 4.39 Å². The van der Waals surface area contributed by atoms with Gasteiger partial charge in [-0.2, -0.15) is 0 Å². The lowest BCUT2D eigenvalue weighted by Crippen LogP contribution is -2.32. The van der Waals surface area contributed by atoms with Gasteiger partial charge in [0.05, 0.1) is 6.61 Å². The summed E-state index contributed by atoms with van der Waals surface area (Å²) in [7, 11) is 0. The van der Waals surface area contributed by atoms with Crippen LogP contribution in [-0.2, 0) is 17.7 Å². The zero-order chi connectivity index (χ0) is 17.5. The van der Waals surface area contributed by atoms with Crippen molar-refractivity contribution in [2.24, 2.45) is 5.41 Å². The maximum absolute atomic E-state index is 13.1. The Hall–Kier alpha value is -1.78. The zero-order valence-corrected chi connectivity index (χ0v) is 15.0. The highest BCUT2D eigenvalue weighted by molar-refractivity contribution is 5.16. The predicted molar refractivity (Wildman–Crippen MR) is 97.8 cm³/mol. The van der Waals surface area contributed by atoms with Gasteiger partial charge >= 0.3 is 0 Å². The van der Waals surface area contributed by atoms with Crippen LogP contribution in [0.5, 0.6) is 0 Å².